The van der Waals surface area contributed by atoms with Gasteiger partial charge in [0.25, 0.3) is 0 Å². The number of nitrogens with zero attached hydrogens (tertiary/aromatic N) is 2. The van der Waals surface area contributed by atoms with Crippen LogP contribution in [0.3, 0.4) is 0 Å². The van der Waals surface area contributed by atoms with E-state index in [1.54, 1.807) is 6.07 Å². The number of hydrogen-bond donors (Lipinski definition) is 1. The maximum Gasteiger partial charge on any atom is 0.244 e. The topological polar surface area (TPSA) is 105 Å². The van der Waals surface area contributed by atoms with Gasteiger partial charge >= 0.3 is 0 Å². The van der Waals surface area contributed by atoms with Crippen LogP contribution in [0.5, 0.6) is 11.5 Å². The molecular formula is C31H38FN3O6S. The average molecular weight is 600 g/mol. The van der Waals surface area contributed by atoms with Crippen LogP contribution in [0.25, 0.3) is 0 Å². The number of sulfonamides is 1. The first kappa shape index (κ1) is 32.4. The molecule has 0 saturated carbocycles. The van der Waals surface area contributed by atoms with E-state index in [0.717, 1.165) is 16.1 Å². The number of rotatable bonds is 14. The molecule has 0 aliphatic carbocycles. The van der Waals surface area contributed by atoms with E-state index in [1.807, 2.05) is 44.2 Å². The second kappa shape index (κ2) is 14.7. The second-order valence-corrected chi connectivity index (χ2v) is 11.9. The summed E-state index contributed by atoms with van der Waals surface area (Å²) in [6.45, 7) is 3.14. The van der Waals surface area contributed by atoms with Gasteiger partial charge in [0.2, 0.25) is 21.8 Å². The molecule has 0 fully saturated rings. The Kier molecular flexibility index (Phi) is 11.3. The van der Waals surface area contributed by atoms with Crippen molar-refractivity contribution in [2.24, 2.45) is 0 Å². The molecule has 3 rings (SSSR count). The predicted molar refractivity (Wildman–Crippen MR) is 161 cm³/mol. The normalized spacial score (nSPS) is 12.6. The molecule has 0 unspecified atom stereocenters. The van der Waals surface area contributed by atoms with Gasteiger partial charge in [-0.05, 0) is 48.7 Å². The van der Waals surface area contributed by atoms with Crippen LogP contribution in [0.4, 0.5) is 10.1 Å². The molecule has 226 valence electrons. The minimum absolute atomic E-state index is 0.0537. The average Bonchev–Trinajstić information content (AvgIpc) is 2.98. The zero-order valence-electron chi connectivity index (χ0n) is 24.5. The Hall–Kier alpha value is -4.12. The molecule has 0 aromatic heterocycles. The first-order chi connectivity index (χ1) is 20.0. The van der Waals surface area contributed by atoms with Crippen LogP contribution < -0.4 is 19.1 Å². The van der Waals surface area contributed by atoms with E-state index >= 15 is 0 Å². The van der Waals surface area contributed by atoms with Crippen molar-refractivity contribution in [1.29, 1.82) is 0 Å². The minimum Gasteiger partial charge on any atom is -0.497 e. The fourth-order valence-electron chi connectivity index (χ4n) is 4.37. The Balaban J connectivity index is 2.09. The molecule has 0 spiro atoms. The van der Waals surface area contributed by atoms with Gasteiger partial charge in [0, 0.05) is 25.1 Å². The van der Waals surface area contributed by atoms with Crippen molar-refractivity contribution in [1.82, 2.24) is 10.2 Å². The van der Waals surface area contributed by atoms with Crippen molar-refractivity contribution in [3.63, 3.8) is 0 Å². The third-order valence-electron chi connectivity index (χ3n) is 6.87. The van der Waals surface area contributed by atoms with Crippen molar-refractivity contribution < 1.29 is 31.9 Å². The number of nitrogens with one attached hydrogen (secondary N) is 1. The highest BCUT2D eigenvalue weighted by atomic mass is 32.2. The lowest BCUT2D eigenvalue weighted by atomic mass is 10.0. The van der Waals surface area contributed by atoms with E-state index in [0.29, 0.717) is 17.7 Å². The maximum absolute atomic E-state index is 14.2. The van der Waals surface area contributed by atoms with Gasteiger partial charge in [-0.2, -0.15) is 0 Å². The maximum atomic E-state index is 14.2. The summed E-state index contributed by atoms with van der Waals surface area (Å²) in [6, 6.07) is 18.3. The first-order valence-corrected chi connectivity index (χ1v) is 15.4. The monoisotopic (exact) mass is 599 g/mol. The molecule has 0 bridgehead atoms. The molecule has 0 aliphatic heterocycles. The number of carbonyl (C=O) groups excluding carboxylic acids is 2. The van der Waals surface area contributed by atoms with Gasteiger partial charge in [-0.1, -0.05) is 49.4 Å². The van der Waals surface area contributed by atoms with Crippen LogP contribution in [0.1, 0.15) is 31.4 Å². The van der Waals surface area contributed by atoms with E-state index in [-0.39, 0.29) is 36.4 Å². The quantitative estimate of drug-likeness (QED) is 0.298. The van der Waals surface area contributed by atoms with Crippen LogP contribution in [0, 0.1) is 5.82 Å². The Morgan fingerprint density at radius 1 is 0.952 bits per heavy atom. The summed E-state index contributed by atoms with van der Waals surface area (Å²) in [6.07, 6.45) is 1.85. The SMILES string of the molecule is CC[C@@H](C)NC(=O)[C@@H](Cc1ccccc1)N(Cc1ccc(F)cc1)C(=O)CN(c1ccc(OC)cc1OC)S(C)(=O)=O. The van der Waals surface area contributed by atoms with Gasteiger partial charge in [-0.3, -0.25) is 13.9 Å². The Bertz CT molecular complexity index is 1450. The molecule has 0 aliphatic rings. The fraction of sp³-hybridized carbons (Fsp3) is 0.355. The van der Waals surface area contributed by atoms with E-state index in [2.05, 4.69) is 5.32 Å². The Labute approximate surface area is 247 Å². The van der Waals surface area contributed by atoms with Gasteiger partial charge in [0.15, 0.2) is 0 Å². The lowest BCUT2D eigenvalue weighted by Gasteiger charge is -2.34. The molecular weight excluding hydrogens is 561 g/mol. The van der Waals surface area contributed by atoms with Gasteiger partial charge in [-0.15, -0.1) is 0 Å². The van der Waals surface area contributed by atoms with Crippen molar-refractivity contribution >= 4 is 27.5 Å². The third-order valence-corrected chi connectivity index (χ3v) is 8.00. The Morgan fingerprint density at radius 2 is 1.62 bits per heavy atom. The number of hydrogen-bond acceptors (Lipinski definition) is 6. The molecule has 0 saturated heterocycles. The van der Waals surface area contributed by atoms with Gasteiger partial charge in [-0.25, -0.2) is 12.8 Å². The molecule has 42 heavy (non-hydrogen) atoms. The molecule has 0 radical (unpaired) electrons. The van der Waals surface area contributed by atoms with Crippen molar-refractivity contribution in [3.8, 4) is 11.5 Å². The summed E-state index contributed by atoms with van der Waals surface area (Å²) < 4.78 is 51.4. The van der Waals surface area contributed by atoms with Crippen molar-refractivity contribution in [2.45, 2.75) is 45.3 Å². The van der Waals surface area contributed by atoms with Crippen molar-refractivity contribution in [2.75, 3.05) is 31.3 Å². The number of benzene rings is 3. The largest absolute Gasteiger partial charge is 0.497 e. The molecule has 11 heteroatoms. The van der Waals surface area contributed by atoms with Gasteiger partial charge in [0.1, 0.15) is 29.9 Å². The number of carbonyl (C=O) groups is 2. The zero-order valence-corrected chi connectivity index (χ0v) is 25.4. The van der Waals surface area contributed by atoms with E-state index < -0.39 is 34.3 Å². The summed E-state index contributed by atoms with van der Waals surface area (Å²) in [4.78, 5) is 29.2. The summed E-state index contributed by atoms with van der Waals surface area (Å²) >= 11 is 0. The number of halogens is 1. The van der Waals surface area contributed by atoms with Crippen LogP contribution in [0.15, 0.2) is 72.8 Å². The predicted octanol–water partition coefficient (Wildman–Crippen LogP) is 4.16. The zero-order chi connectivity index (χ0) is 30.9. The van der Waals surface area contributed by atoms with Crippen molar-refractivity contribution in [3.05, 3.63) is 89.7 Å². The molecule has 3 aromatic carbocycles. The standard InChI is InChI=1S/C31H38FN3O6S/c1-6-22(2)33-31(37)28(18-23-10-8-7-9-11-23)34(20-24-12-14-25(32)15-13-24)30(36)21-35(42(5,38)39)27-17-16-26(40-3)19-29(27)41-4/h7-17,19,22,28H,6,18,20-21H2,1-5H3,(H,33,37)/t22-,28-/m1/s1. The van der Waals surface area contributed by atoms with Gasteiger partial charge in [0.05, 0.1) is 26.2 Å². The second-order valence-electron chi connectivity index (χ2n) is 9.98. The first-order valence-electron chi connectivity index (χ1n) is 13.5. The molecule has 0 heterocycles. The number of methoxy groups -OCH3 is 2. The van der Waals surface area contributed by atoms with Crippen LogP contribution in [-0.4, -0.2) is 64.2 Å². The fourth-order valence-corrected chi connectivity index (χ4v) is 5.22. The summed E-state index contributed by atoms with van der Waals surface area (Å²) in [5.74, 6) is -0.813. The lowest BCUT2D eigenvalue weighted by molar-refractivity contribution is -0.140. The third kappa shape index (κ3) is 8.69. The highest BCUT2D eigenvalue weighted by molar-refractivity contribution is 7.92. The highest BCUT2D eigenvalue weighted by Gasteiger charge is 2.34. The molecule has 1 N–H and O–H groups in total. The summed E-state index contributed by atoms with van der Waals surface area (Å²) in [5.41, 5.74) is 1.53. The Morgan fingerprint density at radius 3 is 2.19 bits per heavy atom. The minimum atomic E-state index is -3.99. The van der Waals surface area contributed by atoms with Crippen LogP contribution in [0.2, 0.25) is 0 Å². The highest BCUT2D eigenvalue weighted by Crippen LogP contribution is 2.33. The van der Waals surface area contributed by atoms with Crippen LogP contribution in [-0.2, 0) is 32.6 Å². The lowest BCUT2D eigenvalue weighted by Crippen LogP contribution is -2.54. The smallest absolute Gasteiger partial charge is 0.244 e. The van der Waals surface area contributed by atoms with Gasteiger partial charge < -0.3 is 19.7 Å². The summed E-state index contributed by atoms with van der Waals surface area (Å²) in [7, 11) is -1.14. The molecule has 9 nitrogen and oxygen atoms in total. The van der Waals surface area contributed by atoms with E-state index in [9.17, 15) is 22.4 Å². The number of amides is 2. The summed E-state index contributed by atoms with van der Waals surface area (Å²) in [5, 5.41) is 2.97. The van der Waals surface area contributed by atoms with E-state index in [4.69, 9.17) is 9.47 Å². The number of anilines is 1. The number of ether oxygens (including phenoxy) is 2. The van der Waals surface area contributed by atoms with E-state index in [1.165, 1.54) is 55.5 Å². The van der Waals surface area contributed by atoms with Crippen LogP contribution >= 0.6 is 0 Å². The molecule has 3 aromatic rings. The molecule has 2 amide bonds. The molecule has 2 atom stereocenters.